The summed E-state index contributed by atoms with van der Waals surface area (Å²) in [6.45, 7) is 4.13. The molecule has 0 aliphatic heterocycles. The number of aryl methyl sites for hydroxylation is 4. The van der Waals surface area contributed by atoms with Crippen molar-refractivity contribution in [2.75, 3.05) is 5.75 Å². The first-order valence-corrected chi connectivity index (χ1v) is 10.3. The molecule has 27 heavy (non-hydrogen) atoms. The third-order valence-corrected chi connectivity index (χ3v) is 5.98. The lowest BCUT2D eigenvalue weighted by atomic mass is 9.90. The number of carbonyl (C=O) groups excluding carboxylic acids is 1. The van der Waals surface area contributed by atoms with E-state index >= 15 is 0 Å². The number of carbonyl (C=O) groups is 1. The first-order chi connectivity index (χ1) is 13.1. The molecule has 2 aromatic carbocycles. The zero-order chi connectivity index (χ0) is 18.8. The fourth-order valence-electron chi connectivity index (χ4n) is 3.38. The highest BCUT2D eigenvalue weighted by Gasteiger charge is 2.15. The highest BCUT2D eigenvalue weighted by molar-refractivity contribution is 7.99. The second-order valence-corrected chi connectivity index (χ2v) is 8.00. The number of hydrogen-bond donors (Lipinski definition) is 0. The number of rotatable bonds is 5. The van der Waals surface area contributed by atoms with E-state index in [0.717, 1.165) is 24.0 Å². The number of aromatic nitrogens is 2. The second kappa shape index (κ2) is 7.69. The van der Waals surface area contributed by atoms with E-state index < -0.39 is 0 Å². The minimum absolute atomic E-state index is 0.0966. The van der Waals surface area contributed by atoms with Crippen LogP contribution in [-0.4, -0.2) is 21.7 Å². The van der Waals surface area contributed by atoms with Crippen LogP contribution in [0.3, 0.4) is 0 Å². The van der Waals surface area contributed by atoms with Crippen molar-refractivity contribution in [3.8, 4) is 11.5 Å². The molecular formula is C22H22N2O2S. The molecule has 1 aliphatic carbocycles. The van der Waals surface area contributed by atoms with Gasteiger partial charge in [0.05, 0.1) is 5.75 Å². The largest absolute Gasteiger partial charge is 0.411 e. The molecule has 0 fully saturated rings. The number of nitrogens with zero attached hydrogens (tertiary/aromatic N) is 2. The molecule has 0 atom stereocenters. The van der Waals surface area contributed by atoms with Gasteiger partial charge in [-0.3, -0.25) is 4.79 Å². The molecule has 0 spiro atoms. The van der Waals surface area contributed by atoms with Crippen LogP contribution in [-0.2, 0) is 12.8 Å². The van der Waals surface area contributed by atoms with Gasteiger partial charge in [0.15, 0.2) is 5.78 Å². The summed E-state index contributed by atoms with van der Waals surface area (Å²) in [4.78, 5) is 12.6. The van der Waals surface area contributed by atoms with E-state index in [9.17, 15) is 4.79 Å². The molecule has 3 aromatic rings. The summed E-state index contributed by atoms with van der Waals surface area (Å²) < 4.78 is 5.73. The van der Waals surface area contributed by atoms with E-state index in [1.165, 1.54) is 46.9 Å². The topological polar surface area (TPSA) is 56.0 Å². The fourth-order valence-corrected chi connectivity index (χ4v) is 4.03. The Morgan fingerprint density at radius 2 is 1.81 bits per heavy atom. The van der Waals surface area contributed by atoms with Gasteiger partial charge < -0.3 is 4.42 Å². The maximum absolute atomic E-state index is 12.6. The number of hydrogen-bond acceptors (Lipinski definition) is 5. The average molecular weight is 378 g/mol. The Hall–Kier alpha value is -2.40. The van der Waals surface area contributed by atoms with Crippen LogP contribution in [0, 0.1) is 13.8 Å². The summed E-state index contributed by atoms with van der Waals surface area (Å²) in [6, 6.07) is 12.2. The van der Waals surface area contributed by atoms with Gasteiger partial charge in [-0.25, -0.2) is 0 Å². The van der Waals surface area contributed by atoms with E-state index in [1.807, 2.05) is 24.3 Å². The molecule has 1 aromatic heterocycles. The smallest absolute Gasteiger partial charge is 0.277 e. The van der Waals surface area contributed by atoms with Crippen LogP contribution < -0.4 is 0 Å². The predicted molar refractivity (Wildman–Crippen MR) is 107 cm³/mol. The van der Waals surface area contributed by atoms with Crippen LogP contribution in [0.5, 0.6) is 0 Å². The summed E-state index contributed by atoms with van der Waals surface area (Å²) in [6.07, 6.45) is 4.66. The summed E-state index contributed by atoms with van der Waals surface area (Å²) >= 11 is 1.29. The number of fused-ring (bicyclic) bond motifs is 1. The van der Waals surface area contributed by atoms with Crippen LogP contribution in [0.15, 0.2) is 46.0 Å². The Labute approximate surface area is 163 Å². The minimum Gasteiger partial charge on any atom is -0.411 e. The van der Waals surface area contributed by atoms with E-state index in [2.05, 4.69) is 36.2 Å². The standard InChI is InChI=1S/C22H22N2O2S/c1-14-7-8-19(11-15(14)2)21-23-24-22(26-21)27-13-20(25)18-10-9-16-5-3-4-6-17(16)12-18/h7-12H,3-6,13H2,1-2H3. The predicted octanol–water partition coefficient (Wildman–Crippen LogP) is 5.21. The lowest BCUT2D eigenvalue weighted by molar-refractivity contribution is 0.102. The lowest BCUT2D eigenvalue weighted by Crippen LogP contribution is -2.07. The molecule has 0 N–H and O–H groups in total. The maximum Gasteiger partial charge on any atom is 0.277 e. The van der Waals surface area contributed by atoms with E-state index in [-0.39, 0.29) is 5.78 Å². The van der Waals surface area contributed by atoms with E-state index in [4.69, 9.17) is 4.42 Å². The van der Waals surface area contributed by atoms with Crippen molar-refractivity contribution < 1.29 is 9.21 Å². The molecule has 5 heteroatoms. The van der Waals surface area contributed by atoms with Gasteiger partial charge in [0.1, 0.15) is 0 Å². The summed E-state index contributed by atoms with van der Waals surface area (Å²) in [5.41, 5.74) is 6.80. The molecule has 138 valence electrons. The van der Waals surface area contributed by atoms with Gasteiger partial charge in [-0.1, -0.05) is 30.0 Å². The molecule has 1 aliphatic rings. The molecule has 4 nitrogen and oxygen atoms in total. The van der Waals surface area contributed by atoms with Gasteiger partial charge in [0.25, 0.3) is 5.22 Å². The van der Waals surface area contributed by atoms with E-state index in [1.54, 1.807) is 0 Å². The molecule has 0 unspecified atom stereocenters. The summed E-state index contributed by atoms with van der Waals surface area (Å²) in [5, 5.41) is 8.62. The zero-order valence-electron chi connectivity index (χ0n) is 15.6. The third kappa shape index (κ3) is 3.98. The van der Waals surface area contributed by atoms with Gasteiger partial charge in [-0.2, -0.15) is 0 Å². The lowest BCUT2D eigenvalue weighted by Gasteiger charge is -2.16. The minimum atomic E-state index is 0.0966. The molecule has 0 amide bonds. The van der Waals surface area contributed by atoms with Gasteiger partial charge in [0.2, 0.25) is 5.89 Å². The zero-order valence-corrected chi connectivity index (χ0v) is 16.4. The summed E-state index contributed by atoms with van der Waals surface area (Å²) in [7, 11) is 0. The summed E-state index contributed by atoms with van der Waals surface area (Å²) in [5.74, 6) is 0.883. The fraction of sp³-hybridized carbons (Fsp3) is 0.318. The van der Waals surface area contributed by atoms with Crippen molar-refractivity contribution >= 4 is 17.5 Å². The monoisotopic (exact) mass is 378 g/mol. The first kappa shape index (κ1) is 18.0. The number of Topliss-reactive ketones (excluding diaryl/α,β-unsaturated/α-hetero) is 1. The Kier molecular flexibility index (Phi) is 5.12. The highest BCUT2D eigenvalue weighted by atomic mass is 32.2. The second-order valence-electron chi connectivity index (χ2n) is 7.07. The molecule has 0 radical (unpaired) electrons. The quantitative estimate of drug-likeness (QED) is 0.451. The van der Waals surface area contributed by atoms with E-state index in [0.29, 0.717) is 16.9 Å². The SMILES string of the molecule is Cc1ccc(-c2nnc(SCC(=O)c3ccc4c(c3)CCCC4)o2)cc1C. The maximum atomic E-state index is 12.6. The van der Waals surface area contributed by atoms with Gasteiger partial charge in [-0.15, -0.1) is 10.2 Å². The van der Waals surface area contributed by atoms with Crippen molar-refractivity contribution in [1.82, 2.24) is 10.2 Å². The van der Waals surface area contributed by atoms with Crippen molar-refractivity contribution in [1.29, 1.82) is 0 Å². The van der Waals surface area contributed by atoms with Crippen molar-refractivity contribution in [2.45, 2.75) is 44.8 Å². The molecule has 0 saturated carbocycles. The molecule has 1 heterocycles. The number of thioether (sulfide) groups is 1. The van der Waals surface area contributed by atoms with Crippen molar-refractivity contribution in [3.05, 3.63) is 64.2 Å². The Bertz CT molecular complexity index is 994. The highest BCUT2D eigenvalue weighted by Crippen LogP contribution is 2.26. The van der Waals surface area contributed by atoms with Crippen LogP contribution in [0.4, 0.5) is 0 Å². The van der Waals surface area contributed by atoms with Gasteiger partial charge >= 0.3 is 0 Å². The Morgan fingerprint density at radius 3 is 2.63 bits per heavy atom. The molecule has 0 bridgehead atoms. The molecular weight excluding hydrogens is 356 g/mol. The van der Waals surface area contributed by atoms with Gasteiger partial charge in [-0.05, 0) is 80.0 Å². The third-order valence-electron chi connectivity index (χ3n) is 5.16. The number of benzene rings is 2. The van der Waals surface area contributed by atoms with Crippen molar-refractivity contribution in [3.63, 3.8) is 0 Å². The normalized spacial score (nSPS) is 13.4. The Balaban J connectivity index is 1.42. The Morgan fingerprint density at radius 1 is 1.00 bits per heavy atom. The van der Waals surface area contributed by atoms with Gasteiger partial charge in [0, 0.05) is 11.1 Å². The molecule has 0 saturated heterocycles. The van der Waals surface area contributed by atoms with Crippen LogP contribution in [0.2, 0.25) is 0 Å². The number of ketones is 1. The van der Waals surface area contributed by atoms with Crippen molar-refractivity contribution in [2.24, 2.45) is 0 Å². The van der Waals surface area contributed by atoms with Crippen LogP contribution in [0.1, 0.15) is 45.5 Å². The molecule has 4 rings (SSSR count). The first-order valence-electron chi connectivity index (χ1n) is 9.29. The van der Waals surface area contributed by atoms with Crippen LogP contribution in [0.25, 0.3) is 11.5 Å². The van der Waals surface area contributed by atoms with Crippen LogP contribution >= 0.6 is 11.8 Å². The average Bonchev–Trinajstić information content (AvgIpc) is 3.17.